The first-order valence-corrected chi connectivity index (χ1v) is 4.16. The molecule has 78 valence electrons. The van der Waals surface area contributed by atoms with Crippen molar-refractivity contribution in [2.24, 2.45) is 0 Å². The summed E-state index contributed by atoms with van der Waals surface area (Å²) in [6, 6.07) is 0. The Morgan fingerprint density at radius 1 is 1.62 bits per heavy atom. The molecular formula is C8H17NO4. The van der Waals surface area contributed by atoms with E-state index in [1.165, 1.54) is 12.0 Å². The Labute approximate surface area is 78.2 Å². The number of likely N-dealkylation sites (N-methyl/N-ethyl adjacent to an activating group) is 1. The summed E-state index contributed by atoms with van der Waals surface area (Å²) < 4.78 is 9.43. The summed E-state index contributed by atoms with van der Waals surface area (Å²) in [4.78, 5) is 12.3. The smallest absolute Gasteiger partial charge is 0.409 e. The van der Waals surface area contributed by atoms with Crippen LogP contribution in [0.2, 0.25) is 0 Å². The minimum Gasteiger partial charge on any atom is -0.450 e. The van der Waals surface area contributed by atoms with E-state index < -0.39 is 12.2 Å². The number of hydrogen-bond donors (Lipinski definition) is 1. The molecule has 1 unspecified atom stereocenters. The van der Waals surface area contributed by atoms with E-state index in [1.54, 1.807) is 14.0 Å². The summed E-state index contributed by atoms with van der Waals surface area (Å²) in [5.41, 5.74) is 0. The number of ether oxygens (including phenoxy) is 2. The van der Waals surface area contributed by atoms with Gasteiger partial charge in [-0.15, -0.1) is 0 Å². The van der Waals surface area contributed by atoms with Crippen LogP contribution in [-0.4, -0.2) is 56.1 Å². The van der Waals surface area contributed by atoms with Gasteiger partial charge in [0.05, 0.1) is 25.9 Å². The number of carbonyl (C=O) groups is 1. The van der Waals surface area contributed by atoms with Gasteiger partial charge in [-0.2, -0.15) is 0 Å². The van der Waals surface area contributed by atoms with Crippen LogP contribution in [0.3, 0.4) is 0 Å². The Balaban J connectivity index is 3.71. The fraction of sp³-hybridized carbons (Fsp3) is 0.875. The second-order valence-corrected chi connectivity index (χ2v) is 2.69. The molecule has 0 rings (SSSR count). The highest BCUT2D eigenvalue weighted by Gasteiger charge is 2.13. The predicted molar refractivity (Wildman–Crippen MR) is 47.5 cm³/mol. The second kappa shape index (κ2) is 6.68. The Bertz CT molecular complexity index is 151. The minimum atomic E-state index is -0.667. The molecule has 0 spiro atoms. The number of carbonyl (C=O) groups excluding carboxylic acids is 1. The fourth-order valence-electron chi connectivity index (χ4n) is 0.869. The van der Waals surface area contributed by atoms with Gasteiger partial charge in [0, 0.05) is 14.2 Å². The Hall–Kier alpha value is -0.810. The van der Waals surface area contributed by atoms with Crippen molar-refractivity contribution in [2.75, 3.05) is 33.9 Å². The zero-order chi connectivity index (χ0) is 10.3. The number of aliphatic hydroxyl groups excluding tert-OH is 1. The van der Waals surface area contributed by atoms with Crippen molar-refractivity contribution in [3.05, 3.63) is 0 Å². The molecule has 13 heavy (non-hydrogen) atoms. The van der Waals surface area contributed by atoms with E-state index in [9.17, 15) is 9.90 Å². The van der Waals surface area contributed by atoms with Gasteiger partial charge < -0.3 is 19.5 Å². The van der Waals surface area contributed by atoms with Crippen LogP contribution in [0, 0.1) is 0 Å². The molecule has 5 heteroatoms. The zero-order valence-corrected chi connectivity index (χ0v) is 8.32. The maximum absolute atomic E-state index is 11.0. The van der Waals surface area contributed by atoms with Crippen molar-refractivity contribution in [3.8, 4) is 0 Å². The first-order chi connectivity index (χ1) is 6.11. The summed E-state index contributed by atoms with van der Waals surface area (Å²) in [6.07, 6.45) is -1.10. The predicted octanol–water partition coefficient (Wildman–Crippen LogP) is 0.0820. The molecule has 0 radical (unpaired) electrons. The second-order valence-electron chi connectivity index (χ2n) is 2.69. The summed E-state index contributed by atoms with van der Waals surface area (Å²) in [6.45, 7) is 2.50. The van der Waals surface area contributed by atoms with E-state index in [0.29, 0.717) is 6.61 Å². The molecule has 0 saturated carbocycles. The number of hydrogen-bond acceptors (Lipinski definition) is 4. The summed E-state index contributed by atoms with van der Waals surface area (Å²) in [7, 11) is 3.06. The van der Waals surface area contributed by atoms with Crippen LogP contribution in [0.5, 0.6) is 0 Å². The van der Waals surface area contributed by atoms with Crippen molar-refractivity contribution in [2.45, 2.75) is 13.0 Å². The maximum atomic E-state index is 11.0. The van der Waals surface area contributed by atoms with E-state index in [0.717, 1.165) is 0 Å². The molecule has 0 aliphatic rings. The quantitative estimate of drug-likeness (QED) is 0.668. The van der Waals surface area contributed by atoms with Crippen LogP contribution in [0.4, 0.5) is 4.79 Å². The zero-order valence-electron chi connectivity index (χ0n) is 8.32. The van der Waals surface area contributed by atoms with Crippen molar-refractivity contribution in [1.29, 1.82) is 0 Å². The highest BCUT2D eigenvalue weighted by molar-refractivity contribution is 5.67. The lowest BCUT2D eigenvalue weighted by atomic mass is 10.3. The van der Waals surface area contributed by atoms with Crippen LogP contribution in [0.15, 0.2) is 0 Å². The molecule has 0 bridgehead atoms. The van der Waals surface area contributed by atoms with E-state index in [1.807, 2.05) is 0 Å². The average Bonchev–Trinajstić information content (AvgIpc) is 2.05. The highest BCUT2D eigenvalue weighted by Crippen LogP contribution is 1.93. The van der Waals surface area contributed by atoms with Crippen molar-refractivity contribution < 1.29 is 19.4 Å². The summed E-state index contributed by atoms with van der Waals surface area (Å²) in [5, 5.41) is 9.26. The van der Waals surface area contributed by atoms with Gasteiger partial charge in [-0.1, -0.05) is 0 Å². The van der Waals surface area contributed by atoms with E-state index >= 15 is 0 Å². The molecule has 5 nitrogen and oxygen atoms in total. The first kappa shape index (κ1) is 12.2. The Kier molecular flexibility index (Phi) is 6.26. The molecular weight excluding hydrogens is 174 g/mol. The molecule has 0 fully saturated rings. The highest BCUT2D eigenvalue weighted by atomic mass is 16.6. The van der Waals surface area contributed by atoms with Gasteiger partial charge >= 0.3 is 6.09 Å². The number of rotatable bonds is 5. The van der Waals surface area contributed by atoms with Crippen LogP contribution < -0.4 is 0 Å². The average molecular weight is 191 g/mol. The molecule has 0 heterocycles. The van der Waals surface area contributed by atoms with Crippen LogP contribution in [-0.2, 0) is 9.47 Å². The summed E-state index contributed by atoms with van der Waals surface area (Å²) in [5.74, 6) is 0. The van der Waals surface area contributed by atoms with E-state index in [-0.39, 0.29) is 13.2 Å². The number of nitrogens with zero attached hydrogens (tertiary/aromatic N) is 1. The lowest BCUT2D eigenvalue weighted by Gasteiger charge is -2.19. The van der Waals surface area contributed by atoms with E-state index in [2.05, 4.69) is 0 Å². The maximum Gasteiger partial charge on any atom is 0.409 e. The third kappa shape index (κ3) is 5.43. The van der Waals surface area contributed by atoms with Crippen molar-refractivity contribution >= 4 is 6.09 Å². The normalized spacial score (nSPS) is 12.3. The van der Waals surface area contributed by atoms with E-state index in [4.69, 9.17) is 9.47 Å². The molecule has 0 aromatic heterocycles. The standard InChI is InChI=1S/C8H17NO4/c1-4-13-8(11)9(2)5-7(10)6-12-3/h7,10H,4-6H2,1-3H3. The third-order valence-corrected chi connectivity index (χ3v) is 1.42. The van der Waals surface area contributed by atoms with Gasteiger partial charge in [-0.05, 0) is 6.92 Å². The molecule has 0 aromatic rings. The lowest BCUT2D eigenvalue weighted by molar-refractivity contribution is 0.0381. The van der Waals surface area contributed by atoms with Gasteiger partial charge in [0.1, 0.15) is 0 Å². The van der Waals surface area contributed by atoms with Gasteiger partial charge in [-0.3, -0.25) is 0 Å². The molecule has 1 N–H and O–H groups in total. The minimum absolute atomic E-state index is 0.212. The largest absolute Gasteiger partial charge is 0.450 e. The summed E-state index contributed by atoms with van der Waals surface area (Å²) >= 11 is 0. The Morgan fingerprint density at radius 2 is 2.23 bits per heavy atom. The van der Waals surface area contributed by atoms with Gasteiger partial charge in [0.25, 0.3) is 0 Å². The Morgan fingerprint density at radius 3 is 2.69 bits per heavy atom. The molecule has 0 aliphatic carbocycles. The molecule has 1 amide bonds. The van der Waals surface area contributed by atoms with Crippen LogP contribution in [0.1, 0.15) is 6.92 Å². The molecule has 0 saturated heterocycles. The van der Waals surface area contributed by atoms with Crippen molar-refractivity contribution in [1.82, 2.24) is 4.90 Å². The van der Waals surface area contributed by atoms with Crippen LogP contribution >= 0.6 is 0 Å². The molecule has 0 aromatic carbocycles. The van der Waals surface area contributed by atoms with Crippen molar-refractivity contribution in [3.63, 3.8) is 0 Å². The lowest BCUT2D eigenvalue weighted by Crippen LogP contribution is -2.36. The number of aliphatic hydroxyl groups is 1. The fourth-order valence-corrected chi connectivity index (χ4v) is 0.869. The van der Waals surface area contributed by atoms with Crippen LogP contribution in [0.25, 0.3) is 0 Å². The topological polar surface area (TPSA) is 59.0 Å². The third-order valence-electron chi connectivity index (χ3n) is 1.42. The first-order valence-electron chi connectivity index (χ1n) is 4.16. The molecule has 0 aliphatic heterocycles. The van der Waals surface area contributed by atoms with Gasteiger partial charge in [-0.25, -0.2) is 4.79 Å². The van der Waals surface area contributed by atoms with Gasteiger partial charge in [0.15, 0.2) is 0 Å². The van der Waals surface area contributed by atoms with Gasteiger partial charge in [0.2, 0.25) is 0 Å². The number of amides is 1. The SMILES string of the molecule is CCOC(=O)N(C)CC(O)COC. The molecule has 1 atom stereocenters. The number of methoxy groups -OCH3 is 1. The monoisotopic (exact) mass is 191 g/mol.